The molecule has 7 nitrogen and oxygen atoms in total. The SMILES string of the molecule is N[C@H](CNc1nc(-c2ccncc2)c(-c2ccc3ccccc3c2)c2nncn12)Cc1ccccc1. The van der Waals surface area contributed by atoms with E-state index in [1.54, 1.807) is 18.7 Å². The summed E-state index contributed by atoms with van der Waals surface area (Å²) in [4.78, 5) is 9.26. The number of nitrogens with two attached hydrogens (primary N) is 1. The molecule has 0 amide bonds. The molecule has 36 heavy (non-hydrogen) atoms. The molecule has 0 unspecified atom stereocenters. The number of hydrogen-bond acceptors (Lipinski definition) is 6. The lowest BCUT2D eigenvalue weighted by Gasteiger charge is -2.17. The largest absolute Gasteiger partial charge is 0.354 e. The van der Waals surface area contributed by atoms with Crippen LogP contribution in [0.3, 0.4) is 0 Å². The Bertz CT molecular complexity index is 1630. The van der Waals surface area contributed by atoms with E-state index in [0.29, 0.717) is 12.5 Å². The van der Waals surface area contributed by atoms with E-state index < -0.39 is 0 Å². The second-order valence-corrected chi connectivity index (χ2v) is 8.81. The summed E-state index contributed by atoms with van der Waals surface area (Å²) in [5.74, 6) is 0.648. The Balaban J connectivity index is 1.43. The van der Waals surface area contributed by atoms with Crippen LogP contribution in [0.2, 0.25) is 0 Å². The molecule has 0 aliphatic heterocycles. The first kappa shape index (κ1) is 21.9. The van der Waals surface area contributed by atoms with Crippen molar-refractivity contribution < 1.29 is 0 Å². The quantitative estimate of drug-likeness (QED) is 0.341. The minimum atomic E-state index is -0.0785. The van der Waals surface area contributed by atoms with Crippen molar-refractivity contribution in [1.29, 1.82) is 0 Å². The van der Waals surface area contributed by atoms with Crippen molar-refractivity contribution in [3.05, 3.63) is 109 Å². The molecule has 0 bridgehead atoms. The van der Waals surface area contributed by atoms with Gasteiger partial charge in [0.2, 0.25) is 5.95 Å². The van der Waals surface area contributed by atoms with E-state index in [-0.39, 0.29) is 6.04 Å². The third kappa shape index (κ3) is 4.28. The Morgan fingerprint density at radius 2 is 1.61 bits per heavy atom. The number of nitrogens with zero attached hydrogens (tertiary/aromatic N) is 5. The fourth-order valence-corrected chi connectivity index (χ4v) is 4.55. The van der Waals surface area contributed by atoms with E-state index in [9.17, 15) is 0 Å². The van der Waals surface area contributed by atoms with Crippen molar-refractivity contribution >= 4 is 22.4 Å². The van der Waals surface area contributed by atoms with Crippen LogP contribution in [0.25, 0.3) is 38.8 Å². The summed E-state index contributed by atoms with van der Waals surface area (Å²) in [6.07, 6.45) is 6.01. The van der Waals surface area contributed by atoms with Crippen LogP contribution in [0.4, 0.5) is 5.95 Å². The van der Waals surface area contributed by atoms with Gasteiger partial charge in [0.15, 0.2) is 5.65 Å². The van der Waals surface area contributed by atoms with E-state index in [1.807, 2.05) is 46.9 Å². The van der Waals surface area contributed by atoms with E-state index in [2.05, 4.69) is 63.0 Å². The molecule has 0 saturated heterocycles. The summed E-state index contributed by atoms with van der Waals surface area (Å²) in [7, 11) is 0. The highest BCUT2D eigenvalue weighted by molar-refractivity contribution is 5.95. The van der Waals surface area contributed by atoms with Crippen LogP contribution >= 0.6 is 0 Å². The molecule has 3 aromatic carbocycles. The van der Waals surface area contributed by atoms with Crippen molar-refractivity contribution in [2.24, 2.45) is 5.73 Å². The van der Waals surface area contributed by atoms with E-state index >= 15 is 0 Å². The van der Waals surface area contributed by atoms with Crippen LogP contribution in [0.15, 0.2) is 104 Å². The predicted octanol–water partition coefficient (Wildman–Crippen LogP) is 4.99. The summed E-state index contributed by atoms with van der Waals surface area (Å²) in [6, 6.07) is 28.8. The fraction of sp³-hybridized carbons (Fsp3) is 0.103. The van der Waals surface area contributed by atoms with E-state index in [4.69, 9.17) is 10.7 Å². The number of fused-ring (bicyclic) bond motifs is 2. The number of pyridine rings is 1. The smallest absolute Gasteiger partial charge is 0.210 e. The van der Waals surface area contributed by atoms with E-state index in [1.165, 1.54) is 10.9 Å². The summed E-state index contributed by atoms with van der Waals surface area (Å²) < 4.78 is 1.89. The van der Waals surface area contributed by atoms with Crippen LogP contribution in [0, 0.1) is 0 Å². The molecule has 1 atom stereocenters. The van der Waals surface area contributed by atoms with Crippen molar-refractivity contribution in [3.8, 4) is 22.4 Å². The highest BCUT2D eigenvalue weighted by Crippen LogP contribution is 2.36. The number of hydrogen-bond donors (Lipinski definition) is 2. The van der Waals surface area contributed by atoms with Gasteiger partial charge in [-0.1, -0.05) is 66.7 Å². The molecule has 0 radical (unpaired) electrons. The number of benzene rings is 3. The van der Waals surface area contributed by atoms with Gasteiger partial charge in [0, 0.05) is 30.5 Å². The van der Waals surface area contributed by atoms with Crippen LogP contribution in [0.5, 0.6) is 0 Å². The third-order valence-electron chi connectivity index (χ3n) is 6.31. The maximum absolute atomic E-state index is 6.46. The minimum absolute atomic E-state index is 0.0785. The lowest BCUT2D eigenvalue weighted by Crippen LogP contribution is -2.32. The van der Waals surface area contributed by atoms with Crippen LogP contribution in [-0.2, 0) is 6.42 Å². The first-order chi connectivity index (χ1) is 17.8. The molecule has 0 aliphatic rings. The minimum Gasteiger partial charge on any atom is -0.354 e. The summed E-state index contributed by atoms with van der Waals surface area (Å²) in [6.45, 7) is 0.556. The molecule has 0 fully saturated rings. The maximum atomic E-state index is 6.46. The van der Waals surface area contributed by atoms with Gasteiger partial charge in [-0.05, 0) is 46.5 Å². The Hall–Kier alpha value is -4.62. The van der Waals surface area contributed by atoms with Gasteiger partial charge >= 0.3 is 0 Å². The van der Waals surface area contributed by atoms with Crippen LogP contribution in [-0.4, -0.2) is 37.2 Å². The fourth-order valence-electron chi connectivity index (χ4n) is 4.55. The first-order valence-electron chi connectivity index (χ1n) is 11.9. The molecule has 3 N–H and O–H groups in total. The number of anilines is 1. The molecule has 3 aromatic heterocycles. The lowest BCUT2D eigenvalue weighted by molar-refractivity contribution is 0.695. The average Bonchev–Trinajstić information content (AvgIpc) is 3.42. The standard InChI is InChI=1S/C29H25N7/c30-25(16-20-6-2-1-3-7-20)18-32-29-34-27(22-12-14-31-15-13-22)26(28-35-33-19-36(28)29)24-11-10-21-8-4-5-9-23(21)17-24/h1-15,17,19,25H,16,18,30H2,(H,32,34)/t25-/m0/s1. The van der Waals surface area contributed by atoms with Gasteiger partial charge in [-0.2, -0.15) is 0 Å². The van der Waals surface area contributed by atoms with Gasteiger partial charge in [-0.15, -0.1) is 10.2 Å². The highest BCUT2D eigenvalue weighted by Gasteiger charge is 2.19. The number of aromatic nitrogens is 5. The van der Waals surface area contributed by atoms with Crippen molar-refractivity contribution in [2.45, 2.75) is 12.5 Å². The van der Waals surface area contributed by atoms with Gasteiger partial charge in [0.1, 0.15) is 6.33 Å². The van der Waals surface area contributed by atoms with Gasteiger partial charge in [0.25, 0.3) is 0 Å². The Labute approximate surface area is 208 Å². The molecule has 176 valence electrons. The number of rotatable bonds is 7. The van der Waals surface area contributed by atoms with Crippen LogP contribution < -0.4 is 11.1 Å². The van der Waals surface area contributed by atoms with Crippen molar-refractivity contribution in [1.82, 2.24) is 24.6 Å². The van der Waals surface area contributed by atoms with Gasteiger partial charge in [-0.25, -0.2) is 4.98 Å². The molecule has 6 rings (SSSR count). The number of nitrogens with one attached hydrogen (secondary N) is 1. The Kier molecular flexibility index (Phi) is 5.81. The summed E-state index contributed by atoms with van der Waals surface area (Å²) in [5.41, 5.74) is 12.1. The molecule has 0 aliphatic carbocycles. The monoisotopic (exact) mass is 471 g/mol. The summed E-state index contributed by atoms with van der Waals surface area (Å²) in [5, 5.41) is 14.5. The van der Waals surface area contributed by atoms with Crippen molar-refractivity contribution in [3.63, 3.8) is 0 Å². The second kappa shape index (κ2) is 9.56. The second-order valence-electron chi connectivity index (χ2n) is 8.81. The van der Waals surface area contributed by atoms with Crippen LogP contribution in [0.1, 0.15) is 5.56 Å². The summed E-state index contributed by atoms with van der Waals surface area (Å²) >= 11 is 0. The molecule has 3 heterocycles. The predicted molar refractivity (Wildman–Crippen MR) is 144 cm³/mol. The molecule has 0 saturated carbocycles. The Morgan fingerprint density at radius 1 is 0.833 bits per heavy atom. The topological polar surface area (TPSA) is 94.0 Å². The maximum Gasteiger partial charge on any atom is 0.210 e. The van der Waals surface area contributed by atoms with Gasteiger partial charge < -0.3 is 11.1 Å². The average molecular weight is 472 g/mol. The van der Waals surface area contributed by atoms with Crippen molar-refractivity contribution in [2.75, 3.05) is 11.9 Å². The third-order valence-corrected chi connectivity index (χ3v) is 6.31. The molecule has 6 aromatic rings. The van der Waals surface area contributed by atoms with Gasteiger partial charge in [-0.3, -0.25) is 9.38 Å². The van der Waals surface area contributed by atoms with Gasteiger partial charge in [0.05, 0.1) is 11.3 Å². The molecule has 0 spiro atoms. The highest BCUT2D eigenvalue weighted by atomic mass is 15.3. The normalized spacial score (nSPS) is 12.1. The molecule has 7 heteroatoms. The zero-order valence-electron chi connectivity index (χ0n) is 19.6. The molecular formula is C29H25N7. The Morgan fingerprint density at radius 3 is 2.44 bits per heavy atom. The first-order valence-corrected chi connectivity index (χ1v) is 11.9. The lowest BCUT2D eigenvalue weighted by atomic mass is 9.98. The zero-order valence-corrected chi connectivity index (χ0v) is 19.6. The zero-order chi connectivity index (χ0) is 24.3. The molecular weight excluding hydrogens is 446 g/mol. The van der Waals surface area contributed by atoms with E-state index in [0.717, 1.165) is 39.8 Å².